The zero-order valence-electron chi connectivity index (χ0n) is 19.4. The number of hydrogen-bond donors (Lipinski definition) is 3. The number of nitrogens with zero attached hydrogens (tertiary/aromatic N) is 1. The van der Waals surface area contributed by atoms with Crippen LogP contribution in [0.15, 0.2) is 41.0 Å². The maximum Gasteiger partial charge on any atom is 0.270 e. The lowest BCUT2D eigenvalue weighted by Gasteiger charge is -2.28. The number of rotatable bonds is 9. The summed E-state index contributed by atoms with van der Waals surface area (Å²) >= 11 is 0. The van der Waals surface area contributed by atoms with Gasteiger partial charge in [-0.05, 0) is 37.1 Å². The van der Waals surface area contributed by atoms with E-state index in [0.29, 0.717) is 48.5 Å². The van der Waals surface area contributed by atoms with E-state index in [0.717, 1.165) is 0 Å². The first-order chi connectivity index (χ1) is 17.0. The second-order valence-electron chi connectivity index (χ2n) is 8.26. The summed E-state index contributed by atoms with van der Waals surface area (Å²) in [7, 11) is 0. The number of halogens is 1. The van der Waals surface area contributed by atoms with E-state index in [1.165, 1.54) is 18.4 Å². The number of aromatic nitrogens is 1. The fraction of sp³-hybridized carbons (Fsp3) is 0.400. The van der Waals surface area contributed by atoms with Gasteiger partial charge >= 0.3 is 0 Å². The summed E-state index contributed by atoms with van der Waals surface area (Å²) in [5, 5.41) is 15.5. The number of aliphatic hydroxyl groups is 1. The van der Waals surface area contributed by atoms with Crippen molar-refractivity contribution in [2.45, 2.75) is 31.9 Å². The van der Waals surface area contributed by atoms with E-state index in [1.54, 1.807) is 18.2 Å². The van der Waals surface area contributed by atoms with Gasteiger partial charge in [0, 0.05) is 37.8 Å². The standard InChI is InChI=1S/C25H28FN3O6/c1-2-33-10-7-27-24(31)17-4-3-15(12-18(17)26)11-16-13-21(28-20-6-9-35-23(16)20)25(32)29-19-5-8-34-14-22(19)30/h3-4,6,9,12-13,19,22,30H,2,5,7-8,10-11,14H2,1H3,(H,27,31)(H,29,32)/t19-,22-/m0/s1. The Morgan fingerprint density at radius 1 is 1.26 bits per heavy atom. The van der Waals surface area contributed by atoms with Crippen molar-refractivity contribution in [2.24, 2.45) is 0 Å². The minimum atomic E-state index is -0.789. The molecule has 0 aliphatic carbocycles. The average Bonchev–Trinajstić information content (AvgIpc) is 3.32. The van der Waals surface area contributed by atoms with Crippen molar-refractivity contribution in [3.8, 4) is 0 Å². The molecular weight excluding hydrogens is 457 g/mol. The van der Waals surface area contributed by atoms with Crippen LogP contribution in [-0.4, -0.2) is 67.0 Å². The summed E-state index contributed by atoms with van der Waals surface area (Å²) in [4.78, 5) is 29.5. The summed E-state index contributed by atoms with van der Waals surface area (Å²) in [6.07, 6.45) is 1.44. The lowest BCUT2D eigenvalue weighted by Crippen LogP contribution is -2.48. The Balaban J connectivity index is 1.51. The number of amides is 2. The molecule has 2 atom stereocenters. The number of benzene rings is 1. The third kappa shape index (κ3) is 6.02. The minimum absolute atomic E-state index is 0.0572. The van der Waals surface area contributed by atoms with Gasteiger partial charge < -0.3 is 29.6 Å². The highest BCUT2D eigenvalue weighted by molar-refractivity contribution is 5.95. The van der Waals surface area contributed by atoms with E-state index >= 15 is 0 Å². The number of nitrogens with one attached hydrogen (secondary N) is 2. The molecule has 186 valence electrons. The molecule has 10 heteroatoms. The molecule has 1 fully saturated rings. The van der Waals surface area contributed by atoms with E-state index in [9.17, 15) is 19.1 Å². The summed E-state index contributed by atoms with van der Waals surface area (Å²) in [6, 6.07) is 7.21. The molecule has 3 N–H and O–H groups in total. The number of hydrogen-bond acceptors (Lipinski definition) is 7. The maximum atomic E-state index is 14.7. The summed E-state index contributed by atoms with van der Waals surface area (Å²) in [5.74, 6) is -1.58. The molecule has 2 aromatic heterocycles. The molecule has 0 spiro atoms. The first-order valence-electron chi connectivity index (χ1n) is 11.5. The lowest BCUT2D eigenvalue weighted by atomic mass is 10.0. The molecule has 35 heavy (non-hydrogen) atoms. The highest BCUT2D eigenvalue weighted by atomic mass is 19.1. The highest BCUT2D eigenvalue weighted by Crippen LogP contribution is 2.24. The topological polar surface area (TPSA) is 123 Å². The van der Waals surface area contributed by atoms with Crippen LogP contribution in [0.5, 0.6) is 0 Å². The number of furan rings is 1. The molecular formula is C25H28FN3O6. The molecule has 1 saturated heterocycles. The van der Waals surface area contributed by atoms with Crippen molar-refractivity contribution in [3.05, 3.63) is 64.8 Å². The summed E-state index contributed by atoms with van der Waals surface area (Å²) in [6.45, 7) is 3.65. The van der Waals surface area contributed by atoms with E-state index < -0.39 is 29.8 Å². The van der Waals surface area contributed by atoms with Gasteiger partial charge in [0.1, 0.15) is 17.0 Å². The van der Waals surface area contributed by atoms with Crippen LogP contribution in [0.3, 0.4) is 0 Å². The van der Waals surface area contributed by atoms with E-state index in [4.69, 9.17) is 13.9 Å². The predicted octanol–water partition coefficient (Wildman–Crippen LogP) is 2.20. The molecule has 3 aromatic rings. The van der Waals surface area contributed by atoms with Crippen molar-refractivity contribution in [2.75, 3.05) is 33.0 Å². The van der Waals surface area contributed by atoms with Crippen molar-refractivity contribution in [1.29, 1.82) is 0 Å². The average molecular weight is 486 g/mol. The second kappa shape index (κ2) is 11.4. The van der Waals surface area contributed by atoms with E-state index in [-0.39, 0.29) is 30.8 Å². The number of ether oxygens (including phenoxy) is 2. The summed E-state index contributed by atoms with van der Waals surface area (Å²) < 4.78 is 30.6. The van der Waals surface area contributed by atoms with Gasteiger partial charge in [0.25, 0.3) is 11.8 Å². The zero-order valence-corrected chi connectivity index (χ0v) is 19.4. The molecule has 2 amide bonds. The van der Waals surface area contributed by atoms with Crippen molar-refractivity contribution < 1.29 is 33.0 Å². The van der Waals surface area contributed by atoms with Gasteiger partial charge in [0.05, 0.1) is 37.2 Å². The third-order valence-electron chi connectivity index (χ3n) is 5.77. The Bertz CT molecular complexity index is 1200. The molecule has 0 bridgehead atoms. The van der Waals surface area contributed by atoms with Crippen molar-refractivity contribution in [1.82, 2.24) is 15.6 Å². The van der Waals surface area contributed by atoms with Crippen LogP contribution in [0.1, 0.15) is 45.3 Å². The van der Waals surface area contributed by atoms with Gasteiger partial charge in [0.2, 0.25) is 0 Å². The first-order valence-corrected chi connectivity index (χ1v) is 11.5. The van der Waals surface area contributed by atoms with E-state index in [1.807, 2.05) is 6.92 Å². The second-order valence-corrected chi connectivity index (χ2v) is 8.26. The Morgan fingerprint density at radius 3 is 2.89 bits per heavy atom. The van der Waals surface area contributed by atoms with Crippen molar-refractivity contribution in [3.63, 3.8) is 0 Å². The minimum Gasteiger partial charge on any atom is -0.462 e. The Hall–Kier alpha value is -3.34. The largest absolute Gasteiger partial charge is 0.462 e. The van der Waals surface area contributed by atoms with Crippen LogP contribution in [0, 0.1) is 5.82 Å². The lowest BCUT2D eigenvalue weighted by molar-refractivity contribution is -0.0261. The highest BCUT2D eigenvalue weighted by Gasteiger charge is 2.26. The maximum absolute atomic E-state index is 14.7. The predicted molar refractivity (Wildman–Crippen MR) is 125 cm³/mol. The quantitative estimate of drug-likeness (QED) is 0.397. The zero-order chi connectivity index (χ0) is 24.8. The number of carbonyl (C=O) groups excluding carboxylic acids is 2. The Morgan fingerprint density at radius 2 is 2.11 bits per heavy atom. The van der Waals surface area contributed by atoms with E-state index in [2.05, 4.69) is 15.6 Å². The van der Waals surface area contributed by atoms with Gasteiger partial charge in [-0.1, -0.05) is 6.07 Å². The molecule has 0 saturated carbocycles. The third-order valence-corrected chi connectivity index (χ3v) is 5.77. The van der Waals surface area contributed by atoms with Gasteiger partial charge in [-0.25, -0.2) is 9.37 Å². The van der Waals surface area contributed by atoms with Crippen LogP contribution < -0.4 is 10.6 Å². The van der Waals surface area contributed by atoms with Gasteiger partial charge in [-0.15, -0.1) is 0 Å². The number of pyridine rings is 1. The fourth-order valence-corrected chi connectivity index (χ4v) is 3.95. The molecule has 1 aromatic carbocycles. The summed E-state index contributed by atoms with van der Waals surface area (Å²) in [5.41, 5.74) is 2.34. The van der Waals surface area contributed by atoms with Crippen molar-refractivity contribution >= 4 is 22.9 Å². The molecule has 1 aliphatic rings. The van der Waals surface area contributed by atoms with Gasteiger partial charge in [0.15, 0.2) is 5.58 Å². The SMILES string of the molecule is CCOCCNC(=O)c1ccc(Cc2cc(C(=O)N[C@H]3CCOC[C@@H]3O)nc3ccoc23)cc1F. The van der Waals surface area contributed by atoms with Crippen LogP contribution >= 0.6 is 0 Å². The smallest absolute Gasteiger partial charge is 0.270 e. The van der Waals surface area contributed by atoms with Crippen LogP contribution in [-0.2, 0) is 15.9 Å². The first kappa shape index (κ1) is 24.8. The number of carbonyl (C=O) groups is 2. The molecule has 0 radical (unpaired) electrons. The number of fused-ring (bicyclic) bond motifs is 1. The molecule has 9 nitrogen and oxygen atoms in total. The van der Waals surface area contributed by atoms with Crippen LogP contribution in [0.4, 0.5) is 4.39 Å². The Labute approximate surface area is 201 Å². The fourth-order valence-electron chi connectivity index (χ4n) is 3.95. The van der Waals surface area contributed by atoms with Crippen LogP contribution in [0.25, 0.3) is 11.1 Å². The van der Waals surface area contributed by atoms with Gasteiger partial charge in [-0.3, -0.25) is 9.59 Å². The molecule has 0 unspecified atom stereocenters. The number of aliphatic hydroxyl groups excluding tert-OH is 1. The molecule has 4 rings (SSSR count). The monoisotopic (exact) mass is 485 g/mol. The van der Waals surface area contributed by atoms with Crippen LogP contribution in [0.2, 0.25) is 0 Å². The molecule has 1 aliphatic heterocycles. The normalized spacial score (nSPS) is 17.9. The Kier molecular flexibility index (Phi) is 8.06. The molecule has 3 heterocycles. The van der Waals surface area contributed by atoms with Gasteiger partial charge in [-0.2, -0.15) is 0 Å².